The number of nitrogens with zero attached hydrogens (tertiary/aromatic N) is 2. The number of hydrogen-bond donors (Lipinski definition) is 2. The molecule has 0 saturated carbocycles. The molecular weight excluding hydrogens is 244 g/mol. The average Bonchev–Trinajstić information content (AvgIpc) is 2.89. The first-order valence-corrected chi connectivity index (χ1v) is 6.60. The van der Waals surface area contributed by atoms with Gasteiger partial charge in [0.25, 0.3) is 0 Å². The van der Waals surface area contributed by atoms with Crippen molar-refractivity contribution in [2.75, 3.05) is 18.5 Å². The Bertz CT molecular complexity index is 522. The second kappa shape index (κ2) is 5.64. The first-order valence-electron chi connectivity index (χ1n) is 5.72. The molecule has 0 aliphatic rings. The minimum atomic E-state index is 0.00325. The Balaban J connectivity index is 2.02. The van der Waals surface area contributed by atoms with Crippen molar-refractivity contribution in [3.05, 3.63) is 46.3 Å². The largest absolute Gasteiger partial charge is 0.382 e. The zero-order valence-corrected chi connectivity index (χ0v) is 11.1. The molecule has 0 aromatic carbocycles. The Kier molecular flexibility index (Phi) is 3.94. The molecule has 0 saturated heterocycles. The number of aromatic nitrogens is 1. The number of likely N-dealkylation sites (N-methyl/N-ethyl adjacent to an activating group) is 1. The van der Waals surface area contributed by atoms with Gasteiger partial charge in [-0.1, -0.05) is 12.1 Å². The van der Waals surface area contributed by atoms with Crippen molar-refractivity contribution in [2.24, 2.45) is 5.73 Å². The molecule has 5 heteroatoms. The van der Waals surface area contributed by atoms with Gasteiger partial charge in [0.2, 0.25) is 0 Å². The number of nitrogen functional groups attached to an aromatic ring is 1. The number of thiophene rings is 1. The Morgan fingerprint density at radius 1 is 1.39 bits per heavy atom. The van der Waals surface area contributed by atoms with Gasteiger partial charge in [0.15, 0.2) is 0 Å². The number of hydrogen-bond acceptors (Lipinski definition) is 4. The molecule has 4 nitrogen and oxygen atoms in total. The monoisotopic (exact) mass is 260 g/mol. The lowest BCUT2D eigenvalue weighted by atomic mass is 10.3. The smallest absolute Gasteiger partial charge is 0.141 e. The third kappa shape index (κ3) is 3.07. The lowest BCUT2D eigenvalue weighted by Gasteiger charge is -2.18. The van der Waals surface area contributed by atoms with Crippen LogP contribution in [0.25, 0.3) is 0 Å². The van der Waals surface area contributed by atoms with Crippen LogP contribution in [0.15, 0.2) is 35.7 Å². The van der Waals surface area contributed by atoms with Crippen LogP contribution < -0.4 is 10.6 Å². The molecular formula is C13H16N4S. The minimum Gasteiger partial charge on any atom is -0.382 e. The normalized spacial score (nSPS) is 10.3. The van der Waals surface area contributed by atoms with Crippen molar-refractivity contribution in [2.45, 2.75) is 6.42 Å². The van der Waals surface area contributed by atoms with Gasteiger partial charge in [-0.3, -0.25) is 5.41 Å². The lowest BCUT2D eigenvalue weighted by molar-refractivity contribution is 0.868. The predicted octanol–water partition coefficient (Wildman–Crippen LogP) is 2.11. The van der Waals surface area contributed by atoms with E-state index in [1.165, 1.54) is 4.88 Å². The fourth-order valence-electron chi connectivity index (χ4n) is 1.63. The maximum absolute atomic E-state index is 7.39. The highest BCUT2D eigenvalue weighted by Gasteiger charge is 2.05. The van der Waals surface area contributed by atoms with E-state index in [1.54, 1.807) is 17.4 Å². The molecule has 0 spiro atoms. The molecule has 2 aromatic heterocycles. The van der Waals surface area contributed by atoms with Gasteiger partial charge in [0, 0.05) is 18.5 Å². The molecule has 2 rings (SSSR count). The van der Waals surface area contributed by atoms with Crippen LogP contribution in [0.5, 0.6) is 0 Å². The predicted molar refractivity (Wildman–Crippen MR) is 76.5 cm³/mol. The van der Waals surface area contributed by atoms with Gasteiger partial charge in [-0.05, 0) is 30.0 Å². The Hall–Kier alpha value is -1.88. The van der Waals surface area contributed by atoms with Gasteiger partial charge in [-0.25, -0.2) is 4.98 Å². The fourth-order valence-corrected chi connectivity index (χ4v) is 2.33. The van der Waals surface area contributed by atoms with Gasteiger partial charge in [-0.2, -0.15) is 0 Å². The van der Waals surface area contributed by atoms with Gasteiger partial charge >= 0.3 is 0 Å². The molecule has 0 atom stereocenters. The highest BCUT2D eigenvalue weighted by molar-refractivity contribution is 7.09. The number of amidine groups is 1. The van der Waals surface area contributed by atoms with E-state index in [1.807, 2.05) is 19.2 Å². The van der Waals surface area contributed by atoms with E-state index in [0.717, 1.165) is 18.8 Å². The molecule has 0 aliphatic heterocycles. The average molecular weight is 260 g/mol. The molecule has 0 unspecified atom stereocenters. The van der Waals surface area contributed by atoms with Crippen molar-refractivity contribution < 1.29 is 0 Å². The summed E-state index contributed by atoms with van der Waals surface area (Å²) in [7, 11) is 2.00. The molecule has 0 fully saturated rings. The van der Waals surface area contributed by atoms with Gasteiger partial charge in [0.05, 0.1) is 0 Å². The molecule has 0 bridgehead atoms. The zero-order chi connectivity index (χ0) is 13.0. The molecule has 18 heavy (non-hydrogen) atoms. The number of anilines is 1. The summed E-state index contributed by atoms with van der Waals surface area (Å²) in [5.41, 5.74) is 5.96. The first kappa shape index (κ1) is 12.6. The van der Waals surface area contributed by atoms with E-state index >= 15 is 0 Å². The van der Waals surface area contributed by atoms with Crippen LogP contribution in [0.1, 0.15) is 10.6 Å². The number of pyridine rings is 1. The van der Waals surface area contributed by atoms with Crippen LogP contribution in [0.2, 0.25) is 0 Å². The standard InChI is InChI=1S/C13H16N4S/c1-17(8-7-10-4-3-9-18-10)12-6-2-5-11(16-12)13(14)15/h2-6,9H,7-8H2,1H3,(H3,14,15). The number of nitrogens with two attached hydrogens (primary N) is 1. The van der Waals surface area contributed by atoms with Crippen molar-refractivity contribution in [3.8, 4) is 0 Å². The minimum absolute atomic E-state index is 0.00325. The number of nitrogens with one attached hydrogen (secondary N) is 1. The maximum Gasteiger partial charge on any atom is 0.141 e. The Morgan fingerprint density at radius 2 is 2.22 bits per heavy atom. The third-order valence-electron chi connectivity index (χ3n) is 2.68. The van der Waals surface area contributed by atoms with Crippen molar-refractivity contribution in [3.63, 3.8) is 0 Å². The molecule has 0 aliphatic carbocycles. The highest BCUT2D eigenvalue weighted by Crippen LogP contribution is 2.13. The maximum atomic E-state index is 7.39. The summed E-state index contributed by atoms with van der Waals surface area (Å²) in [5, 5.41) is 9.47. The van der Waals surface area contributed by atoms with Crippen LogP contribution in [-0.4, -0.2) is 24.4 Å². The van der Waals surface area contributed by atoms with Crippen molar-refractivity contribution >= 4 is 23.0 Å². The van der Waals surface area contributed by atoms with Crippen LogP contribution in [0, 0.1) is 5.41 Å². The van der Waals surface area contributed by atoms with Crippen LogP contribution in [-0.2, 0) is 6.42 Å². The summed E-state index contributed by atoms with van der Waals surface area (Å²) in [6.07, 6.45) is 1.00. The summed E-state index contributed by atoms with van der Waals surface area (Å²) in [4.78, 5) is 7.79. The third-order valence-corrected chi connectivity index (χ3v) is 3.61. The number of rotatable bonds is 5. The SMILES string of the molecule is CN(CCc1cccs1)c1cccc(C(=N)N)n1. The van der Waals surface area contributed by atoms with E-state index in [4.69, 9.17) is 11.1 Å². The van der Waals surface area contributed by atoms with Gasteiger partial charge < -0.3 is 10.6 Å². The molecule has 0 radical (unpaired) electrons. The van der Waals surface area contributed by atoms with Gasteiger partial charge in [0.1, 0.15) is 17.3 Å². The zero-order valence-electron chi connectivity index (χ0n) is 10.3. The van der Waals surface area contributed by atoms with E-state index < -0.39 is 0 Å². The fraction of sp³-hybridized carbons (Fsp3) is 0.231. The van der Waals surface area contributed by atoms with Crippen molar-refractivity contribution in [1.29, 1.82) is 5.41 Å². The molecule has 0 amide bonds. The van der Waals surface area contributed by atoms with E-state index in [-0.39, 0.29) is 5.84 Å². The second-order valence-corrected chi connectivity index (χ2v) is 5.08. The quantitative estimate of drug-likeness (QED) is 0.639. The molecule has 2 heterocycles. The van der Waals surface area contributed by atoms with E-state index in [0.29, 0.717) is 5.69 Å². The topological polar surface area (TPSA) is 66.0 Å². The summed E-state index contributed by atoms with van der Waals surface area (Å²) in [5.74, 6) is 0.850. The summed E-state index contributed by atoms with van der Waals surface area (Å²) in [6.45, 7) is 0.898. The van der Waals surface area contributed by atoms with Crippen LogP contribution >= 0.6 is 11.3 Å². The second-order valence-electron chi connectivity index (χ2n) is 4.05. The first-order chi connectivity index (χ1) is 8.66. The lowest BCUT2D eigenvalue weighted by Crippen LogP contribution is -2.22. The van der Waals surface area contributed by atoms with Gasteiger partial charge in [-0.15, -0.1) is 11.3 Å². The van der Waals surface area contributed by atoms with Crippen molar-refractivity contribution in [1.82, 2.24) is 4.98 Å². The Morgan fingerprint density at radius 3 is 2.89 bits per heavy atom. The summed E-state index contributed by atoms with van der Waals surface area (Å²) >= 11 is 1.77. The molecule has 2 aromatic rings. The van der Waals surface area contributed by atoms with E-state index in [2.05, 4.69) is 27.4 Å². The Labute approximate surface area is 111 Å². The van der Waals surface area contributed by atoms with Crippen LogP contribution in [0.4, 0.5) is 5.82 Å². The van der Waals surface area contributed by atoms with E-state index in [9.17, 15) is 0 Å². The summed E-state index contributed by atoms with van der Waals surface area (Å²) < 4.78 is 0. The molecule has 3 N–H and O–H groups in total. The van der Waals surface area contributed by atoms with Crippen LogP contribution in [0.3, 0.4) is 0 Å². The highest BCUT2D eigenvalue weighted by atomic mass is 32.1. The summed E-state index contributed by atoms with van der Waals surface area (Å²) in [6, 6.07) is 9.76. The molecule has 94 valence electrons.